The number of anilines is 1. The van der Waals surface area contributed by atoms with Crippen LogP contribution in [0, 0.1) is 6.92 Å². The van der Waals surface area contributed by atoms with E-state index in [9.17, 15) is 18.0 Å². The topological polar surface area (TPSA) is 105 Å². The smallest absolute Gasteiger partial charge is 0.264 e. The third-order valence-electron chi connectivity index (χ3n) is 7.98. The number of methoxy groups -OCH3 is 2. The predicted octanol–water partition coefficient (Wildman–Crippen LogP) is 5.76. The van der Waals surface area contributed by atoms with Crippen LogP contribution < -0.4 is 19.1 Å². The Kier molecular flexibility index (Phi) is 12.4. The van der Waals surface area contributed by atoms with Gasteiger partial charge < -0.3 is 19.7 Å². The molecule has 0 fully saturated rings. The molecule has 1 unspecified atom stereocenters. The van der Waals surface area contributed by atoms with Crippen LogP contribution in [-0.4, -0.2) is 58.5 Å². The number of carbonyl (C=O) groups is 2. The highest BCUT2D eigenvalue weighted by atomic mass is 32.2. The zero-order valence-electron chi connectivity index (χ0n) is 27.4. The number of hydrogen-bond donors (Lipinski definition) is 1. The van der Waals surface area contributed by atoms with E-state index in [1.54, 1.807) is 36.4 Å². The van der Waals surface area contributed by atoms with Crippen LogP contribution in [0.2, 0.25) is 0 Å². The number of rotatable bonds is 16. The summed E-state index contributed by atoms with van der Waals surface area (Å²) in [7, 11) is -1.35. The number of hydrogen-bond acceptors (Lipinski definition) is 6. The van der Waals surface area contributed by atoms with E-state index in [-0.39, 0.29) is 35.2 Å². The van der Waals surface area contributed by atoms with E-state index in [4.69, 9.17) is 9.47 Å². The molecule has 1 atom stereocenters. The Hall–Kier alpha value is -4.83. The lowest BCUT2D eigenvalue weighted by Crippen LogP contribution is -2.53. The minimum absolute atomic E-state index is 0.0272. The first-order chi connectivity index (χ1) is 22.7. The number of aryl methyl sites for hydroxylation is 1. The highest BCUT2D eigenvalue weighted by molar-refractivity contribution is 7.92. The first-order valence-electron chi connectivity index (χ1n) is 15.6. The van der Waals surface area contributed by atoms with Gasteiger partial charge in [0.2, 0.25) is 11.8 Å². The van der Waals surface area contributed by atoms with Gasteiger partial charge in [-0.3, -0.25) is 13.9 Å². The van der Waals surface area contributed by atoms with Gasteiger partial charge in [0.25, 0.3) is 10.0 Å². The summed E-state index contributed by atoms with van der Waals surface area (Å²) in [6.07, 6.45) is 1.93. The Morgan fingerprint density at radius 1 is 0.830 bits per heavy atom. The molecule has 4 aromatic carbocycles. The SMILES string of the molecule is CCCCNC(=O)C(Cc1ccccc1)N(Cc1ccccc1C)C(=O)CN(c1ccccc1OC)S(=O)(=O)c1ccc(OC)cc1. The van der Waals surface area contributed by atoms with Crippen molar-refractivity contribution in [1.29, 1.82) is 0 Å². The molecule has 0 aliphatic rings. The average molecular weight is 658 g/mol. The van der Waals surface area contributed by atoms with E-state index in [0.29, 0.717) is 12.3 Å². The van der Waals surface area contributed by atoms with Crippen molar-refractivity contribution in [3.63, 3.8) is 0 Å². The van der Waals surface area contributed by atoms with Crippen LogP contribution in [0.3, 0.4) is 0 Å². The molecule has 0 saturated carbocycles. The van der Waals surface area contributed by atoms with E-state index in [2.05, 4.69) is 5.32 Å². The fourth-order valence-electron chi connectivity index (χ4n) is 5.26. The van der Waals surface area contributed by atoms with Gasteiger partial charge in [-0.05, 0) is 66.4 Å². The summed E-state index contributed by atoms with van der Waals surface area (Å²) < 4.78 is 40.5. The molecule has 10 heteroatoms. The molecule has 0 radical (unpaired) electrons. The monoisotopic (exact) mass is 657 g/mol. The summed E-state index contributed by atoms with van der Waals surface area (Å²) in [5, 5.41) is 3.01. The van der Waals surface area contributed by atoms with Crippen LogP contribution in [0.4, 0.5) is 5.69 Å². The second-order valence-corrected chi connectivity index (χ2v) is 13.0. The largest absolute Gasteiger partial charge is 0.497 e. The Morgan fingerprint density at radius 3 is 2.15 bits per heavy atom. The molecule has 4 rings (SSSR count). The molecule has 0 aromatic heterocycles. The molecule has 0 spiro atoms. The molecule has 4 aromatic rings. The minimum Gasteiger partial charge on any atom is -0.497 e. The van der Waals surface area contributed by atoms with E-state index < -0.39 is 28.5 Å². The Balaban J connectivity index is 1.82. The van der Waals surface area contributed by atoms with Crippen LogP contribution >= 0.6 is 0 Å². The quantitative estimate of drug-likeness (QED) is 0.154. The summed E-state index contributed by atoms with van der Waals surface area (Å²) in [6.45, 7) is 3.98. The number of sulfonamides is 1. The van der Waals surface area contributed by atoms with Gasteiger partial charge >= 0.3 is 0 Å². The summed E-state index contributed by atoms with van der Waals surface area (Å²) >= 11 is 0. The number of ether oxygens (including phenoxy) is 2. The molecule has 9 nitrogen and oxygen atoms in total. The second-order valence-electron chi connectivity index (χ2n) is 11.2. The molecular formula is C37H43N3O6S. The van der Waals surface area contributed by atoms with Crippen molar-refractivity contribution in [2.45, 2.75) is 50.6 Å². The van der Waals surface area contributed by atoms with Crippen molar-refractivity contribution < 1.29 is 27.5 Å². The number of benzene rings is 4. The first kappa shape index (κ1) is 35.0. The van der Waals surface area contributed by atoms with Gasteiger partial charge in [0.15, 0.2) is 0 Å². The van der Waals surface area contributed by atoms with Crippen LogP contribution in [0.1, 0.15) is 36.5 Å². The predicted molar refractivity (Wildman–Crippen MR) is 184 cm³/mol. The number of amides is 2. The van der Waals surface area contributed by atoms with Crippen molar-refractivity contribution in [1.82, 2.24) is 10.2 Å². The van der Waals surface area contributed by atoms with Crippen LogP contribution in [0.5, 0.6) is 11.5 Å². The molecule has 47 heavy (non-hydrogen) atoms. The van der Waals surface area contributed by atoms with Gasteiger partial charge in [-0.2, -0.15) is 0 Å². The highest BCUT2D eigenvalue weighted by Gasteiger charge is 2.35. The molecule has 248 valence electrons. The molecule has 0 bridgehead atoms. The van der Waals surface area contributed by atoms with Crippen molar-refractivity contribution in [2.24, 2.45) is 0 Å². The van der Waals surface area contributed by atoms with Gasteiger partial charge in [-0.1, -0.05) is 80.1 Å². The molecule has 0 aliphatic heterocycles. The number of unbranched alkanes of at least 4 members (excludes halogenated alkanes) is 1. The zero-order valence-corrected chi connectivity index (χ0v) is 28.2. The lowest BCUT2D eigenvalue weighted by atomic mass is 10.0. The zero-order chi connectivity index (χ0) is 33.8. The fourth-order valence-corrected chi connectivity index (χ4v) is 6.68. The molecule has 0 heterocycles. The van der Waals surface area contributed by atoms with Crippen LogP contribution in [0.25, 0.3) is 0 Å². The van der Waals surface area contributed by atoms with Crippen molar-refractivity contribution in [2.75, 3.05) is 31.6 Å². The molecular weight excluding hydrogens is 614 g/mol. The van der Waals surface area contributed by atoms with E-state index in [1.807, 2.05) is 68.4 Å². The second kappa shape index (κ2) is 16.6. The van der Waals surface area contributed by atoms with E-state index in [0.717, 1.165) is 33.8 Å². The third kappa shape index (κ3) is 8.92. The van der Waals surface area contributed by atoms with Gasteiger partial charge in [-0.15, -0.1) is 0 Å². The summed E-state index contributed by atoms with van der Waals surface area (Å²) in [6, 6.07) is 28.9. The Bertz CT molecular complexity index is 1730. The van der Waals surface area contributed by atoms with E-state index >= 15 is 0 Å². The molecule has 1 N–H and O–H groups in total. The van der Waals surface area contributed by atoms with Crippen molar-refractivity contribution in [3.8, 4) is 11.5 Å². The van der Waals surface area contributed by atoms with Gasteiger partial charge in [0.1, 0.15) is 24.1 Å². The van der Waals surface area contributed by atoms with Gasteiger partial charge in [0.05, 0.1) is 24.8 Å². The molecule has 0 aliphatic carbocycles. The Labute approximate surface area is 278 Å². The summed E-state index contributed by atoms with van der Waals surface area (Å²) in [4.78, 5) is 30.1. The third-order valence-corrected chi connectivity index (χ3v) is 9.76. The van der Waals surface area contributed by atoms with Gasteiger partial charge in [0, 0.05) is 19.5 Å². The highest BCUT2D eigenvalue weighted by Crippen LogP contribution is 2.33. The van der Waals surface area contributed by atoms with E-state index in [1.165, 1.54) is 31.3 Å². The standard InChI is InChI=1S/C37H43N3O6S/c1-5-6-24-38-37(42)34(25-29-15-8-7-9-16-29)39(26-30-17-11-10-14-28(30)2)36(41)27-40(33-18-12-13-19-35(33)46-4)47(43,44)32-22-20-31(45-3)21-23-32/h7-23,34H,5-6,24-27H2,1-4H3,(H,38,42). The number of nitrogens with zero attached hydrogens (tertiary/aromatic N) is 2. The maximum absolute atomic E-state index is 14.7. The van der Waals surface area contributed by atoms with Crippen LogP contribution in [0.15, 0.2) is 108 Å². The van der Waals surface area contributed by atoms with Gasteiger partial charge in [-0.25, -0.2) is 8.42 Å². The Morgan fingerprint density at radius 2 is 1.49 bits per heavy atom. The summed E-state index contributed by atoms with van der Waals surface area (Å²) in [5.74, 6) is -0.0685. The lowest BCUT2D eigenvalue weighted by molar-refractivity contribution is -0.140. The first-order valence-corrected chi connectivity index (χ1v) is 17.1. The maximum atomic E-state index is 14.7. The number of para-hydroxylation sites is 2. The average Bonchev–Trinajstić information content (AvgIpc) is 3.09. The fraction of sp³-hybridized carbons (Fsp3) is 0.297. The van der Waals surface area contributed by atoms with Crippen LogP contribution in [-0.2, 0) is 32.6 Å². The lowest BCUT2D eigenvalue weighted by Gasteiger charge is -2.34. The minimum atomic E-state index is -4.29. The maximum Gasteiger partial charge on any atom is 0.264 e. The van der Waals surface area contributed by atoms with Crippen molar-refractivity contribution in [3.05, 3.63) is 120 Å². The van der Waals surface area contributed by atoms with Crippen molar-refractivity contribution >= 4 is 27.5 Å². The molecule has 2 amide bonds. The number of carbonyl (C=O) groups excluding carboxylic acids is 2. The molecule has 0 saturated heterocycles. The normalized spacial score (nSPS) is 11.7. The number of nitrogens with one attached hydrogen (secondary N) is 1. The summed E-state index contributed by atoms with van der Waals surface area (Å²) in [5.41, 5.74) is 2.87.